The second-order valence-electron chi connectivity index (χ2n) is 6.33. The van der Waals surface area contributed by atoms with Crippen LogP contribution < -0.4 is 21.5 Å². The van der Waals surface area contributed by atoms with Crippen LogP contribution in [0.1, 0.15) is 18.0 Å². The van der Waals surface area contributed by atoms with Crippen LogP contribution in [0.3, 0.4) is 0 Å². The Kier molecular flexibility index (Phi) is 6.42. The third kappa shape index (κ3) is 5.32. The first kappa shape index (κ1) is 19.9. The number of nitrogens with two attached hydrogens (primary N) is 1. The first-order chi connectivity index (χ1) is 14.0. The van der Waals surface area contributed by atoms with Gasteiger partial charge < -0.3 is 11.1 Å². The number of hydrogen-bond donors (Lipinski definition) is 3. The van der Waals surface area contributed by atoms with Crippen LogP contribution in [-0.2, 0) is 4.79 Å². The third-order valence-corrected chi connectivity index (χ3v) is 4.25. The highest BCUT2D eigenvalue weighted by molar-refractivity contribution is 5.82. The van der Waals surface area contributed by atoms with Gasteiger partial charge in [0.2, 0.25) is 5.91 Å². The van der Waals surface area contributed by atoms with E-state index in [9.17, 15) is 14.0 Å². The molecule has 0 saturated heterocycles. The number of anilines is 2. The lowest BCUT2D eigenvalue weighted by Gasteiger charge is -2.27. The topological polar surface area (TPSA) is 87.5 Å². The smallest absolute Gasteiger partial charge is 0.312 e. The van der Waals surface area contributed by atoms with Crippen LogP contribution in [0.4, 0.5) is 20.6 Å². The molecule has 3 aromatic rings. The molecular weight excluding hydrogens is 371 g/mol. The quantitative estimate of drug-likeness (QED) is 0.535. The molecule has 0 spiro atoms. The number of nitrogens with one attached hydrogen (secondary N) is 2. The average molecular weight is 392 g/mol. The highest BCUT2D eigenvalue weighted by Crippen LogP contribution is 2.24. The fourth-order valence-corrected chi connectivity index (χ4v) is 2.96. The summed E-state index contributed by atoms with van der Waals surface area (Å²) in [4.78, 5) is 24.2. The van der Waals surface area contributed by atoms with Crippen molar-refractivity contribution in [3.63, 3.8) is 0 Å². The van der Waals surface area contributed by atoms with Crippen LogP contribution in [0.25, 0.3) is 0 Å². The summed E-state index contributed by atoms with van der Waals surface area (Å²) in [5.74, 6) is -0.943. The Labute approximate surface area is 168 Å². The molecule has 3 aromatic carbocycles. The minimum absolute atomic E-state index is 0.187. The lowest BCUT2D eigenvalue weighted by Crippen LogP contribution is -2.42. The number of carbonyl (C=O) groups is 2. The molecular formula is C22H21FN4O2. The first-order valence-electron chi connectivity index (χ1n) is 9.04. The van der Waals surface area contributed by atoms with Crippen LogP contribution in [0.15, 0.2) is 84.9 Å². The zero-order valence-electron chi connectivity index (χ0n) is 15.6. The second kappa shape index (κ2) is 9.36. The van der Waals surface area contributed by atoms with Gasteiger partial charge in [0.15, 0.2) is 0 Å². The minimum Gasteiger partial charge on any atom is -0.352 e. The van der Waals surface area contributed by atoms with Gasteiger partial charge in [0, 0.05) is 5.56 Å². The Morgan fingerprint density at radius 1 is 0.862 bits per heavy atom. The van der Waals surface area contributed by atoms with Crippen molar-refractivity contribution in [1.29, 1.82) is 0 Å². The Bertz CT molecular complexity index is 927. The van der Waals surface area contributed by atoms with Gasteiger partial charge in [-0.05, 0) is 30.3 Å². The zero-order valence-corrected chi connectivity index (χ0v) is 15.6. The summed E-state index contributed by atoms with van der Waals surface area (Å²) in [7, 11) is 0. The molecule has 3 rings (SSSR count). The molecule has 7 heteroatoms. The number of hydrogen-bond acceptors (Lipinski definition) is 3. The summed E-state index contributed by atoms with van der Waals surface area (Å²) in [5, 5.41) is 4.07. The van der Waals surface area contributed by atoms with Gasteiger partial charge >= 0.3 is 6.03 Å². The summed E-state index contributed by atoms with van der Waals surface area (Å²) in [6.45, 7) is 0. The largest absolute Gasteiger partial charge is 0.352 e. The van der Waals surface area contributed by atoms with Crippen LogP contribution in [-0.4, -0.2) is 11.9 Å². The number of para-hydroxylation sites is 2. The van der Waals surface area contributed by atoms with E-state index in [-0.39, 0.29) is 12.0 Å². The first-order valence-corrected chi connectivity index (χ1v) is 9.04. The van der Waals surface area contributed by atoms with E-state index in [1.807, 2.05) is 60.7 Å². The van der Waals surface area contributed by atoms with E-state index < -0.39 is 23.8 Å². The van der Waals surface area contributed by atoms with Crippen LogP contribution in [0, 0.1) is 5.82 Å². The molecule has 29 heavy (non-hydrogen) atoms. The predicted molar refractivity (Wildman–Crippen MR) is 110 cm³/mol. The van der Waals surface area contributed by atoms with Gasteiger partial charge in [0.1, 0.15) is 5.82 Å². The molecule has 0 fully saturated rings. The van der Waals surface area contributed by atoms with Gasteiger partial charge in [0.05, 0.1) is 23.8 Å². The van der Waals surface area contributed by atoms with Crippen molar-refractivity contribution in [3.05, 3.63) is 96.3 Å². The molecule has 0 heterocycles. The van der Waals surface area contributed by atoms with Gasteiger partial charge in [-0.3, -0.25) is 15.2 Å². The number of primary amides is 1. The standard InChI is InChI=1S/C22H21FN4O2/c23-19-14-8-7-13-18(19)20(25-22(24)29)15-21(28)26-27(16-9-3-1-4-10-16)17-11-5-2-6-12-17/h1-14,20H,15H2,(H,26,28)(H3,24,25,29)/t20-/m1/s1. The van der Waals surface area contributed by atoms with E-state index in [1.165, 1.54) is 18.2 Å². The molecule has 0 aromatic heterocycles. The Hall–Kier alpha value is -3.87. The Morgan fingerprint density at radius 3 is 1.90 bits per heavy atom. The van der Waals surface area contributed by atoms with Crippen LogP contribution >= 0.6 is 0 Å². The van der Waals surface area contributed by atoms with E-state index in [0.29, 0.717) is 0 Å². The van der Waals surface area contributed by atoms with E-state index >= 15 is 0 Å². The Balaban J connectivity index is 1.83. The van der Waals surface area contributed by atoms with Crippen molar-refractivity contribution in [3.8, 4) is 0 Å². The highest BCUT2D eigenvalue weighted by atomic mass is 19.1. The fraction of sp³-hybridized carbons (Fsp3) is 0.0909. The summed E-state index contributed by atoms with van der Waals surface area (Å²) in [6, 6.07) is 22.8. The summed E-state index contributed by atoms with van der Waals surface area (Å²) in [6.07, 6.45) is -0.194. The van der Waals surface area contributed by atoms with E-state index in [4.69, 9.17) is 5.73 Å². The number of benzene rings is 3. The molecule has 3 amide bonds. The van der Waals surface area contributed by atoms with Crippen LogP contribution in [0.5, 0.6) is 0 Å². The predicted octanol–water partition coefficient (Wildman–Crippen LogP) is 3.79. The lowest BCUT2D eigenvalue weighted by atomic mass is 10.0. The number of carbonyl (C=O) groups excluding carboxylic acids is 2. The van der Waals surface area contributed by atoms with Crippen molar-refractivity contribution < 1.29 is 14.0 Å². The lowest BCUT2D eigenvalue weighted by molar-refractivity contribution is -0.121. The summed E-state index contributed by atoms with van der Waals surface area (Å²) in [5.41, 5.74) is 9.73. The average Bonchev–Trinajstić information content (AvgIpc) is 2.73. The molecule has 0 unspecified atom stereocenters. The second-order valence-corrected chi connectivity index (χ2v) is 6.33. The van der Waals surface area contributed by atoms with Crippen molar-refractivity contribution in [2.75, 3.05) is 5.01 Å². The normalized spacial score (nSPS) is 11.3. The Morgan fingerprint density at radius 2 is 1.38 bits per heavy atom. The SMILES string of the molecule is NC(=O)N[C@H](CC(=O)NN(c1ccccc1)c1ccccc1)c1ccccc1F. The molecule has 1 atom stereocenters. The summed E-state index contributed by atoms with van der Waals surface area (Å²) >= 11 is 0. The molecule has 0 radical (unpaired) electrons. The van der Waals surface area contributed by atoms with E-state index in [1.54, 1.807) is 11.1 Å². The maximum Gasteiger partial charge on any atom is 0.312 e. The summed E-state index contributed by atoms with van der Waals surface area (Å²) < 4.78 is 14.2. The van der Waals surface area contributed by atoms with Crippen molar-refractivity contribution in [1.82, 2.24) is 10.7 Å². The van der Waals surface area contributed by atoms with Gasteiger partial charge in [-0.1, -0.05) is 54.6 Å². The van der Waals surface area contributed by atoms with Crippen molar-refractivity contribution >= 4 is 23.3 Å². The number of nitrogens with zero attached hydrogens (tertiary/aromatic N) is 1. The number of urea groups is 1. The molecule has 0 aliphatic rings. The zero-order chi connectivity index (χ0) is 20.6. The fourth-order valence-electron chi connectivity index (χ4n) is 2.96. The van der Waals surface area contributed by atoms with Gasteiger partial charge in [-0.25, -0.2) is 9.18 Å². The monoisotopic (exact) mass is 392 g/mol. The molecule has 0 bridgehead atoms. The highest BCUT2D eigenvalue weighted by Gasteiger charge is 2.22. The maximum absolute atomic E-state index is 14.2. The number of rotatable bonds is 7. The molecule has 4 N–H and O–H groups in total. The number of hydrazine groups is 1. The molecule has 0 saturated carbocycles. The number of halogens is 1. The van der Waals surface area contributed by atoms with Crippen molar-refractivity contribution in [2.45, 2.75) is 12.5 Å². The van der Waals surface area contributed by atoms with E-state index in [0.717, 1.165) is 11.4 Å². The van der Waals surface area contributed by atoms with E-state index in [2.05, 4.69) is 10.7 Å². The molecule has 148 valence electrons. The van der Waals surface area contributed by atoms with Crippen LogP contribution in [0.2, 0.25) is 0 Å². The molecule has 0 aliphatic carbocycles. The maximum atomic E-state index is 14.2. The third-order valence-electron chi connectivity index (χ3n) is 4.25. The number of amides is 3. The van der Waals surface area contributed by atoms with Gasteiger partial charge in [-0.15, -0.1) is 0 Å². The minimum atomic E-state index is -0.901. The molecule has 0 aliphatic heterocycles. The van der Waals surface area contributed by atoms with Gasteiger partial charge in [0.25, 0.3) is 0 Å². The van der Waals surface area contributed by atoms with Gasteiger partial charge in [-0.2, -0.15) is 0 Å². The van der Waals surface area contributed by atoms with Crippen molar-refractivity contribution in [2.24, 2.45) is 5.73 Å². The molecule has 6 nitrogen and oxygen atoms in total.